The van der Waals surface area contributed by atoms with Crippen molar-refractivity contribution in [3.8, 4) is 0 Å². The molecule has 0 aromatic carbocycles. The molecule has 0 atom stereocenters. The van der Waals surface area contributed by atoms with Gasteiger partial charge in [-0.3, -0.25) is 14.4 Å². The van der Waals surface area contributed by atoms with Crippen LogP contribution in [0.2, 0.25) is 0 Å². The van der Waals surface area contributed by atoms with Gasteiger partial charge >= 0.3 is 0 Å². The number of nitrogens with zero attached hydrogens (tertiary/aromatic N) is 1. The first-order valence-electron chi connectivity index (χ1n) is 12.8. The first-order chi connectivity index (χ1) is 17.0. The Morgan fingerprint density at radius 1 is 0.800 bits per heavy atom. The second-order valence-electron chi connectivity index (χ2n) is 8.34. The van der Waals surface area contributed by atoms with Crippen molar-refractivity contribution in [2.75, 3.05) is 6.54 Å². The molecule has 5 nitrogen and oxygen atoms in total. The molecule has 1 aromatic heterocycles. The van der Waals surface area contributed by atoms with Gasteiger partial charge in [0.2, 0.25) is 11.5 Å². The average molecular weight is 479 g/mol. The average Bonchev–Trinajstić information content (AvgIpc) is 2.85. The summed E-state index contributed by atoms with van der Waals surface area (Å²) in [6.45, 7) is 2.63. The van der Waals surface area contributed by atoms with Gasteiger partial charge in [0.15, 0.2) is 5.78 Å². The van der Waals surface area contributed by atoms with Gasteiger partial charge < -0.3 is 9.88 Å². The van der Waals surface area contributed by atoms with Crippen molar-refractivity contribution in [2.45, 2.75) is 71.1 Å². The SMILES string of the molecule is CC/C=C\C/C=C\C/C=C\C/C=C\C/C=C\CCCC(=O)NCCCC(=O)c1ccc(=O)n(C)c1. The van der Waals surface area contributed by atoms with Gasteiger partial charge in [-0.2, -0.15) is 0 Å². The summed E-state index contributed by atoms with van der Waals surface area (Å²) < 4.78 is 1.40. The number of nitrogens with one attached hydrogen (secondary N) is 1. The Hall–Kier alpha value is -3.21. The Balaban J connectivity index is 2.01. The van der Waals surface area contributed by atoms with Gasteiger partial charge in [-0.1, -0.05) is 67.7 Å². The van der Waals surface area contributed by atoms with Crippen molar-refractivity contribution < 1.29 is 9.59 Å². The number of Topliss-reactive ketones (excluding diaryl/α,β-unsaturated/α-hetero) is 1. The summed E-state index contributed by atoms with van der Waals surface area (Å²) >= 11 is 0. The molecule has 35 heavy (non-hydrogen) atoms. The minimum Gasteiger partial charge on any atom is -0.356 e. The van der Waals surface area contributed by atoms with Crippen LogP contribution in [0.4, 0.5) is 0 Å². The first kappa shape index (κ1) is 29.8. The van der Waals surface area contributed by atoms with Crippen LogP contribution in [0.15, 0.2) is 83.9 Å². The number of carbonyl (C=O) groups is 2. The van der Waals surface area contributed by atoms with Crippen LogP contribution in [0, 0.1) is 0 Å². The molecule has 0 aliphatic heterocycles. The summed E-state index contributed by atoms with van der Waals surface area (Å²) in [6.07, 6.45) is 31.4. The minimum absolute atomic E-state index is 0.0201. The quantitative estimate of drug-likeness (QED) is 0.151. The number of hydrogen-bond acceptors (Lipinski definition) is 3. The van der Waals surface area contributed by atoms with Crippen molar-refractivity contribution in [1.29, 1.82) is 0 Å². The van der Waals surface area contributed by atoms with Crippen molar-refractivity contribution in [2.24, 2.45) is 7.05 Å². The van der Waals surface area contributed by atoms with E-state index in [2.05, 4.69) is 73.0 Å². The molecule has 1 heterocycles. The summed E-state index contributed by atoms with van der Waals surface area (Å²) in [5.74, 6) is 0.000140. The van der Waals surface area contributed by atoms with Crippen molar-refractivity contribution in [3.05, 3.63) is 95.0 Å². The Morgan fingerprint density at radius 3 is 1.94 bits per heavy atom. The van der Waals surface area contributed by atoms with E-state index in [1.807, 2.05) is 0 Å². The predicted octanol–water partition coefficient (Wildman–Crippen LogP) is 6.39. The molecule has 1 rings (SSSR count). The number of aromatic nitrogens is 1. The van der Waals surface area contributed by atoms with Crippen molar-refractivity contribution >= 4 is 11.7 Å². The standard InChI is InChI=1S/C30H42N2O3/c1-3-4-5-6-7-8-9-10-11-12-13-14-15-16-17-18-19-22-29(34)31-25-20-21-28(33)27-23-24-30(35)32(2)26-27/h4-5,7-8,10-11,13-14,16-17,23-24,26H,3,6,9,12,15,18-22,25H2,1-2H3,(H,31,34)/b5-4-,8-7-,11-10-,14-13-,17-16-. The molecule has 1 N–H and O–H groups in total. The van der Waals surface area contributed by atoms with E-state index in [4.69, 9.17) is 0 Å². The molecule has 0 saturated carbocycles. The number of amides is 1. The van der Waals surface area contributed by atoms with E-state index in [0.717, 1.165) is 44.9 Å². The number of allylic oxidation sites excluding steroid dienone is 10. The second-order valence-corrected chi connectivity index (χ2v) is 8.34. The summed E-state index contributed by atoms with van der Waals surface area (Å²) in [5, 5.41) is 2.87. The summed E-state index contributed by atoms with van der Waals surface area (Å²) in [6, 6.07) is 2.95. The first-order valence-corrected chi connectivity index (χ1v) is 12.8. The maximum Gasteiger partial charge on any atom is 0.250 e. The third-order valence-corrected chi connectivity index (χ3v) is 5.24. The van der Waals surface area contributed by atoms with Crippen LogP contribution >= 0.6 is 0 Å². The molecule has 5 heteroatoms. The van der Waals surface area contributed by atoms with Gasteiger partial charge in [0.25, 0.3) is 0 Å². The van der Waals surface area contributed by atoms with Crippen LogP contribution in [0.1, 0.15) is 81.5 Å². The lowest BCUT2D eigenvalue weighted by molar-refractivity contribution is -0.121. The van der Waals surface area contributed by atoms with Crippen LogP contribution in [0.5, 0.6) is 0 Å². The molecule has 0 radical (unpaired) electrons. The van der Waals surface area contributed by atoms with E-state index >= 15 is 0 Å². The molecular weight excluding hydrogens is 436 g/mol. The fourth-order valence-corrected chi connectivity index (χ4v) is 3.22. The van der Waals surface area contributed by atoms with E-state index in [1.165, 1.54) is 10.6 Å². The van der Waals surface area contributed by atoms with Crippen LogP contribution in [0.25, 0.3) is 0 Å². The van der Waals surface area contributed by atoms with Gasteiger partial charge in [-0.05, 0) is 57.4 Å². The highest BCUT2D eigenvalue weighted by Gasteiger charge is 2.07. The monoisotopic (exact) mass is 478 g/mol. The lowest BCUT2D eigenvalue weighted by Crippen LogP contribution is -2.24. The Bertz CT molecular complexity index is 949. The number of pyridine rings is 1. The van der Waals surface area contributed by atoms with Gasteiger partial charge in [-0.15, -0.1) is 0 Å². The highest BCUT2D eigenvalue weighted by Crippen LogP contribution is 2.04. The largest absolute Gasteiger partial charge is 0.356 e. The Labute approximate surface area is 211 Å². The van der Waals surface area contributed by atoms with E-state index in [-0.39, 0.29) is 17.2 Å². The molecule has 0 fully saturated rings. The molecule has 0 aliphatic rings. The molecule has 0 unspecified atom stereocenters. The number of rotatable bonds is 18. The zero-order valence-corrected chi connectivity index (χ0v) is 21.5. The van der Waals surface area contributed by atoms with Gasteiger partial charge in [0.05, 0.1) is 0 Å². The molecule has 1 amide bonds. The third-order valence-electron chi connectivity index (χ3n) is 5.24. The number of ketones is 1. The molecule has 1 aromatic rings. The highest BCUT2D eigenvalue weighted by molar-refractivity contribution is 5.95. The van der Waals surface area contributed by atoms with Crippen LogP contribution in [0.3, 0.4) is 0 Å². The van der Waals surface area contributed by atoms with E-state index in [9.17, 15) is 14.4 Å². The topological polar surface area (TPSA) is 68.2 Å². The highest BCUT2D eigenvalue weighted by atomic mass is 16.1. The molecular formula is C30H42N2O3. The maximum atomic E-state index is 12.2. The lowest BCUT2D eigenvalue weighted by Gasteiger charge is -2.05. The summed E-state index contributed by atoms with van der Waals surface area (Å²) in [4.78, 5) is 35.5. The summed E-state index contributed by atoms with van der Waals surface area (Å²) in [7, 11) is 1.62. The Kier molecular flexibility index (Phi) is 17.2. The molecule has 0 bridgehead atoms. The normalized spacial score (nSPS) is 12.2. The maximum absolute atomic E-state index is 12.2. The minimum atomic E-state index is -0.140. The fraction of sp³-hybridized carbons (Fsp3) is 0.433. The lowest BCUT2D eigenvalue weighted by atomic mass is 10.1. The number of unbranched alkanes of at least 4 members (excludes halogenated alkanes) is 1. The smallest absolute Gasteiger partial charge is 0.250 e. The zero-order valence-electron chi connectivity index (χ0n) is 21.5. The van der Waals surface area contributed by atoms with Crippen molar-refractivity contribution in [3.63, 3.8) is 0 Å². The molecule has 190 valence electrons. The van der Waals surface area contributed by atoms with Crippen molar-refractivity contribution in [1.82, 2.24) is 9.88 Å². The van der Waals surface area contributed by atoms with E-state index < -0.39 is 0 Å². The predicted molar refractivity (Wildman–Crippen MR) is 147 cm³/mol. The number of aryl methyl sites for hydroxylation is 1. The molecule has 0 spiro atoms. The van der Waals surface area contributed by atoms with E-state index in [0.29, 0.717) is 31.4 Å². The van der Waals surface area contributed by atoms with Gasteiger partial charge in [0.1, 0.15) is 0 Å². The van der Waals surface area contributed by atoms with Gasteiger partial charge in [-0.25, -0.2) is 0 Å². The van der Waals surface area contributed by atoms with Gasteiger partial charge in [0, 0.05) is 44.3 Å². The fourth-order valence-electron chi connectivity index (χ4n) is 3.22. The van der Waals surface area contributed by atoms with Crippen LogP contribution in [-0.2, 0) is 11.8 Å². The Morgan fingerprint density at radius 2 is 1.37 bits per heavy atom. The third kappa shape index (κ3) is 16.1. The number of carbonyl (C=O) groups excluding carboxylic acids is 2. The zero-order chi connectivity index (χ0) is 25.6. The van der Waals surface area contributed by atoms with E-state index in [1.54, 1.807) is 19.3 Å². The number of hydrogen-bond donors (Lipinski definition) is 1. The molecule has 0 aliphatic carbocycles. The van der Waals surface area contributed by atoms with Crippen LogP contribution < -0.4 is 10.9 Å². The molecule has 0 saturated heterocycles. The van der Waals surface area contributed by atoms with Crippen LogP contribution in [-0.4, -0.2) is 22.8 Å². The summed E-state index contributed by atoms with van der Waals surface area (Å²) in [5.41, 5.74) is 0.383. The second kappa shape index (κ2) is 20.2.